The SMILES string of the molecule is C=COc1cc(C=NCN(c2ccccc2)c2cccc(-c3cn(C)c4c3CC=[N+]4C)n2)co1. The summed E-state index contributed by atoms with van der Waals surface area (Å²) < 4.78 is 14.8. The van der Waals surface area contributed by atoms with Crippen LogP contribution in [0.4, 0.5) is 17.3 Å². The lowest BCUT2D eigenvalue weighted by Crippen LogP contribution is -2.18. The van der Waals surface area contributed by atoms with E-state index in [1.165, 1.54) is 17.6 Å². The molecule has 0 radical (unpaired) electrons. The third-order valence-corrected chi connectivity index (χ3v) is 5.77. The second-order valence-corrected chi connectivity index (χ2v) is 8.03. The van der Waals surface area contributed by atoms with Crippen LogP contribution in [0.15, 0.2) is 89.3 Å². The van der Waals surface area contributed by atoms with E-state index in [1.807, 2.05) is 30.3 Å². The number of hydrogen-bond acceptors (Lipinski definition) is 5. The molecule has 0 fully saturated rings. The predicted octanol–water partition coefficient (Wildman–Crippen LogP) is 5.32. The fourth-order valence-corrected chi connectivity index (χ4v) is 4.25. The molecule has 0 unspecified atom stereocenters. The van der Waals surface area contributed by atoms with Crippen LogP contribution in [-0.2, 0) is 13.5 Å². The number of fused-ring (bicyclic) bond motifs is 1. The highest BCUT2D eigenvalue weighted by atomic mass is 16.6. The summed E-state index contributed by atoms with van der Waals surface area (Å²) in [5.74, 6) is 2.42. The maximum absolute atomic E-state index is 5.32. The minimum absolute atomic E-state index is 0.379. The molecule has 4 aromatic rings. The van der Waals surface area contributed by atoms with Crippen LogP contribution in [0.1, 0.15) is 11.1 Å². The molecule has 1 aliphatic rings. The van der Waals surface area contributed by atoms with Crippen LogP contribution in [-0.4, -0.2) is 40.3 Å². The number of benzene rings is 1. The maximum atomic E-state index is 5.32. The molecule has 4 heterocycles. The summed E-state index contributed by atoms with van der Waals surface area (Å²) >= 11 is 0. The van der Waals surface area contributed by atoms with Crippen LogP contribution in [0.5, 0.6) is 5.95 Å². The average Bonchev–Trinajstić information content (AvgIpc) is 3.56. The molecule has 1 aromatic carbocycles. The lowest BCUT2D eigenvalue weighted by atomic mass is 10.1. The zero-order valence-corrected chi connectivity index (χ0v) is 19.3. The molecule has 1 aliphatic heterocycles. The number of hydrogen-bond donors (Lipinski definition) is 0. The highest BCUT2D eigenvalue weighted by Gasteiger charge is 2.27. The Hall–Kier alpha value is -4.39. The fraction of sp³-hybridized carbons (Fsp3) is 0.148. The third kappa shape index (κ3) is 4.15. The second-order valence-electron chi connectivity index (χ2n) is 8.03. The van der Waals surface area contributed by atoms with Crippen molar-refractivity contribution < 1.29 is 13.7 Å². The Morgan fingerprint density at radius 2 is 2.09 bits per heavy atom. The Balaban J connectivity index is 1.46. The van der Waals surface area contributed by atoms with E-state index in [1.54, 1.807) is 18.5 Å². The van der Waals surface area contributed by atoms with Crippen molar-refractivity contribution in [3.05, 3.63) is 91.0 Å². The average molecular weight is 453 g/mol. The van der Waals surface area contributed by atoms with Crippen molar-refractivity contribution in [2.45, 2.75) is 6.42 Å². The van der Waals surface area contributed by atoms with Gasteiger partial charge in [-0.2, -0.15) is 0 Å². The first-order valence-corrected chi connectivity index (χ1v) is 11.0. The van der Waals surface area contributed by atoms with Gasteiger partial charge in [-0.3, -0.25) is 4.99 Å². The van der Waals surface area contributed by atoms with Crippen molar-refractivity contribution in [3.8, 4) is 17.2 Å². The van der Waals surface area contributed by atoms with Gasteiger partial charge in [-0.05, 0) is 24.3 Å². The Kier molecular flexibility index (Phi) is 5.82. The molecular weight excluding hydrogens is 426 g/mol. The Morgan fingerprint density at radius 3 is 2.91 bits per heavy atom. The van der Waals surface area contributed by atoms with Gasteiger partial charge in [0.1, 0.15) is 24.9 Å². The Bertz CT molecular complexity index is 1380. The molecule has 0 aliphatic carbocycles. The first kappa shape index (κ1) is 21.5. The molecule has 0 N–H and O–H groups in total. The van der Waals surface area contributed by atoms with Gasteiger partial charge >= 0.3 is 0 Å². The van der Waals surface area contributed by atoms with E-state index in [0.29, 0.717) is 12.6 Å². The van der Waals surface area contributed by atoms with Crippen LogP contribution in [0.25, 0.3) is 11.3 Å². The number of aliphatic imine (C=N–C) groups is 1. The summed E-state index contributed by atoms with van der Waals surface area (Å²) in [6.45, 7) is 3.93. The zero-order chi connectivity index (χ0) is 23.5. The number of nitrogens with zero attached hydrogens (tertiary/aromatic N) is 5. The van der Waals surface area contributed by atoms with Gasteiger partial charge in [-0.15, -0.1) is 0 Å². The van der Waals surface area contributed by atoms with E-state index >= 15 is 0 Å². The first-order chi connectivity index (χ1) is 16.6. The van der Waals surface area contributed by atoms with Gasteiger partial charge in [0.25, 0.3) is 11.8 Å². The minimum atomic E-state index is 0.379. The van der Waals surface area contributed by atoms with E-state index in [0.717, 1.165) is 34.7 Å². The monoisotopic (exact) mass is 452 g/mol. The van der Waals surface area contributed by atoms with Gasteiger partial charge < -0.3 is 14.1 Å². The highest BCUT2D eigenvalue weighted by molar-refractivity contribution is 5.80. The molecule has 3 aromatic heterocycles. The lowest BCUT2D eigenvalue weighted by molar-refractivity contribution is -0.403. The number of para-hydroxylation sites is 1. The van der Waals surface area contributed by atoms with Gasteiger partial charge in [0.15, 0.2) is 0 Å². The maximum Gasteiger partial charge on any atom is 0.289 e. The van der Waals surface area contributed by atoms with Gasteiger partial charge in [0, 0.05) is 30.0 Å². The summed E-state index contributed by atoms with van der Waals surface area (Å²) in [6.07, 6.45) is 9.95. The normalized spacial score (nSPS) is 12.6. The van der Waals surface area contributed by atoms with E-state index in [-0.39, 0.29) is 0 Å². The number of aryl methyl sites for hydroxylation is 1. The van der Waals surface area contributed by atoms with Gasteiger partial charge in [0.2, 0.25) is 0 Å². The lowest BCUT2D eigenvalue weighted by Gasteiger charge is -2.22. The summed E-state index contributed by atoms with van der Waals surface area (Å²) in [5.41, 5.74) is 5.23. The largest absolute Gasteiger partial charge is 0.435 e. The van der Waals surface area contributed by atoms with E-state index in [2.05, 4.69) is 70.3 Å². The highest BCUT2D eigenvalue weighted by Crippen LogP contribution is 2.35. The number of ether oxygens (including phenoxy) is 1. The van der Waals surface area contributed by atoms with Crippen LogP contribution < -0.4 is 9.64 Å². The second kappa shape index (κ2) is 9.23. The summed E-state index contributed by atoms with van der Waals surface area (Å²) in [7, 11) is 4.16. The molecule has 5 rings (SSSR count). The standard InChI is InChI=1S/C27H26N5O2/c1-4-33-26-15-20(18-34-26)16-28-19-32(21-9-6-5-7-10-21)25-12-8-11-24(29-25)23-17-31(3)27-22(23)13-14-30(27)2/h4-12,14-18H,1,13,19H2,2-3H3/q+1. The summed E-state index contributed by atoms with van der Waals surface area (Å²) in [5, 5.41) is 0. The zero-order valence-electron chi connectivity index (χ0n) is 19.3. The first-order valence-electron chi connectivity index (χ1n) is 11.0. The summed E-state index contributed by atoms with van der Waals surface area (Å²) in [4.78, 5) is 11.8. The molecule has 0 bridgehead atoms. The Morgan fingerprint density at radius 1 is 1.24 bits per heavy atom. The number of rotatable bonds is 8. The van der Waals surface area contributed by atoms with Crippen LogP contribution in [0.2, 0.25) is 0 Å². The van der Waals surface area contributed by atoms with Crippen LogP contribution in [0, 0.1) is 0 Å². The quantitative estimate of drug-likeness (QED) is 0.206. The molecule has 34 heavy (non-hydrogen) atoms. The molecule has 7 nitrogen and oxygen atoms in total. The van der Waals surface area contributed by atoms with Crippen molar-refractivity contribution in [1.29, 1.82) is 0 Å². The number of furan rings is 1. The van der Waals surface area contributed by atoms with Crippen molar-refractivity contribution >= 4 is 29.8 Å². The fourth-order valence-electron chi connectivity index (χ4n) is 4.25. The van der Waals surface area contributed by atoms with Crippen molar-refractivity contribution in [3.63, 3.8) is 0 Å². The van der Waals surface area contributed by atoms with Crippen molar-refractivity contribution in [2.24, 2.45) is 12.0 Å². The minimum Gasteiger partial charge on any atom is -0.435 e. The number of aromatic nitrogens is 2. The number of pyridine rings is 1. The smallest absolute Gasteiger partial charge is 0.289 e. The predicted molar refractivity (Wildman–Crippen MR) is 135 cm³/mol. The van der Waals surface area contributed by atoms with Gasteiger partial charge in [-0.25, -0.2) is 14.1 Å². The third-order valence-electron chi connectivity index (χ3n) is 5.77. The van der Waals surface area contributed by atoms with E-state index < -0.39 is 0 Å². The molecule has 0 saturated carbocycles. The molecule has 170 valence electrons. The van der Waals surface area contributed by atoms with Crippen molar-refractivity contribution in [1.82, 2.24) is 9.55 Å². The molecule has 0 amide bonds. The summed E-state index contributed by atoms with van der Waals surface area (Å²) in [6, 6.07) is 18.0. The van der Waals surface area contributed by atoms with E-state index in [9.17, 15) is 0 Å². The van der Waals surface area contributed by atoms with Gasteiger partial charge in [-0.1, -0.05) is 30.8 Å². The van der Waals surface area contributed by atoms with E-state index in [4.69, 9.17) is 14.1 Å². The molecule has 7 heteroatoms. The van der Waals surface area contributed by atoms with Crippen molar-refractivity contribution in [2.75, 3.05) is 18.6 Å². The number of anilines is 2. The molecule has 0 saturated heterocycles. The topological polar surface area (TPSA) is 58.8 Å². The molecule has 0 spiro atoms. The molecule has 0 atom stereocenters. The van der Waals surface area contributed by atoms with Gasteiger partial charge in [0.05, 0.1) is 43.4 Å². The van der Waals surface area contributed by atoms with Crippen LogP contribution in [0.3, 0.4) is 0 Å². The van der Waals surface area contributed by atoms with Crippen LogP contribution >= 0.6 is 0 Å². The molecular formula is C27H26N5O2+. The Labute approximate surface area is 198 Å².